The van der Waals surface area contributed by atoms with E-state index in [1.807, 2.05) is 0 Å². The Morgan fingerprint density at radius 3 is 2.40 bits per heavy atom. The van der Waals surface area contributed by atoms with Gasteiger partial charge in [0.15, 0.2) is 5.79 Å². The smallest absolute Gasteiger partial charge is 0.171 e. The van der Waals surface area contributed by atoms with Gasteiger partial charge in [0.1, 0.15) is 0 Å². The van der Waals surface area contributed by atoms with Crippen LogP contribution in [0.2, 0.25) is 0 Å². The summed E-state index contributed by atoms with van der Waals surface area (Å²) in [5.41, 5.74) is 0. The third kappa shape index (κ3) is 4.58. The van der Waals surface area contributed by atoms with Crippen LogP contribution in [0.15, 0.2) is 0 Å². The molecule has 2 aliphatic carbocycles. The molecule has 4 nitrogen and oxygen atoms in total. The molecular formula is C21H38O4. The lowest BCUT2D eigenvalue weighted by molar-refractivity contribution is -0.272. The Labute approximate surface area is 153 Å². The number of fused-ring (bicyclic) bond motifs is 2. The second-order valence-electron chi connectivity index (χ2n) is 8.59. The Bertz CT molecular complexity index is 393. The van der Waals surface area contributed by atoms with E-state index in [0.717, 1.165) is 38.5 Å². The molecule has 0 aromatic rings. The van der Waals surface area contributed by atoms with E-state index in [9.17, 15) is 10.2 Å². The summed E-state index contributed by atoms with van der Waals surface area (Å²) in [6.45, 7) is 3.64. The summed E-state index contributed by atoms with van der Waals surface area (Å²) >= 11 is 0. The molecule has 1 aliphatic heterocycles. The van der Waals surface area contributed by atoms with Gasteiger partial charge in [-0.1, -0.05) is 51.9 Å². The predicted octanol–water partition coefficient (Wildman–Crippen LogP) is 4.03. The van der Waals surface area contributed by atoms with Crippen molar-refractivity contribution in [3.63, 3.8) is 0 Å². The summed E-state index contributed by atoms with van der Waals surface area (Å²) in [7, 11) is 0. The molecule has 3 fully saturated rings. The molecule has 0 radical (unpaired) electrons. The molecule has 3 rings (SSSR count). The maximum Gasteiger partial charge on any atom is 0.171 e. The van der Waals surface area contributed by atoms with Crippen molar-refractivity contribution in [1.82, 2.24) is 0 Å². The van der Waals surface area contributed by atoms with Gasteiger partial charge in [0.05, 0.1) is 25.4 Å². The zero-order valence-corrected chi connectivity index (χ0v) is 16.0. The normalized spacial score (nSPS) is 34.2. The van der Waals surface area contributed by atoms with E-state index in [1.165, 1.54) is 38.5 Å². The Morgan fingerprint density at radius 2 is 1.68 bits per heavy atom. The van der Waals surface area contributed by atoms with Gasteiger partial charge in [0, 0.05) is 12.3 Å². The van der Waals surface area contributed by atoms with Gasteiger partial charge >= 0.3 is 0 Å². The van der Waals surface area contributed by atoms with Crippen molar-refractivity contribution in [3.8, 4) is 0 Å². The van der Waals surface area contributed by atoms with E-state index in [2.05, 4.69) is 6.92 Å². The lowest BCUT2D eigenvalue weighted by Gasteiger charge is -2.49. The van der Waals surface area contributed by atoms with Crippen LogP contribution in [0.4, 0.5) is 0 Å². The fraction of sp³-hybridized carbons (Fsp3) is 1.00. The number of hydrogen-bond donors (Lipinski definition) is 2. The van der Waals surface area contributed by atoms with Crippen molar-refractivity contribution < 1.29 is 19.7 Å². The van der Waals surface area contributed by atoms with Crippen LogP contribution in [0.1, 0.15) is 84.0 Å². The van der Waals surface area contributed by atoms with E-state index in [4.69, 9.17) is 9.47 Å². The first-order valence-electron chi connectivity index (χ1n) is 10.8. The summed E-state index contributed by atoms with van der Waals surface area (Å²) in [5.74, 6) is 0.859. The van der Waals surface area contributed by atoms with Crippen molar-refractivity contribution in [2.45, 2.75) is 102 Å². The van der Waals surface area contributed by atoms with Gasteiger partial charge in [-0.25, -0.2) is 0 Å². The van der Waals surface area contributed by atoms with Crippen molar-refractivity contribution in [1.29, 1.82) is 0 Å². The third-order valence-corrected chi connectivity index (χ3v) is 6.89. The van der Waals surface area contributed by atoms with Crippen LogP contribution < -0.4 is 0 Å². The van der Waals surface area contributed by atoms with Crippen LogP contribution in [0, 0.1) is 17.8 Å². The molecule has 0 aromatic carbocycles. The fourth-order valence-corrected chi connectivity index (χ4v) is 5.39. The fourth-order valence-electron chi connectivity index (χ4n) is 5.39. The number of aliphatic hydroxyl groups is 2. The number of ether oxygens (including phenoxy) is 2. The van der Waals surface area contributed by atoms with Crippen molar-refractivity contribution in [3.05, 3.63) is 0 Å². The van der Waals surface area contributed by atoms with Crippen LogP contribution >= 0.6 is 0 Å². The van der Waals surface area contributed by atoms with Gasteiger partial charge in [-0.15, -0.1) is 0 Å². The molecule has 25 heavy (non-hydrogen) atoms. The minimum Gasteiger partial charge on any atom is -0.393 e. The Hall–Kier alpha value is -0.160. The zero-order chi connectivity index (χ0) is 17.7. The highest BCUT2D eigenvalue weighted by Crippen LogP contribution is 2.60. The number of rotatable bonds is 11. The summed E-state index contributed by atoms with van der Waals surface area (Å²) in [4.78, 5) is 0. The molecule has 1 heterocycles. The highest BCUT2D eigenvalue weighted by atomic mass is 16.7. The molecule has 146 valence electrons. The van der Waals surface area contributed by atoms with Crippen molar-refractivity contribution >= 4 is 0 Å². The van der Waals surface area contributed by atoms with E-state index in [-0.39, 0.29) is 18.0 Å². The molecule has 5 unspecified atom stereocenters. The zero-order valence-electron chi connectivity index (χ0n) is 16.0. The van der Waals surface area contributed by atoms with Gasteiger partial charge in [0.25, 0.3) is 0 Å². The molecular weight excluding hydrogens is 316 g/mol. The van der Waals surface area contributed by atoms with Crippen LogP contribution in [0.3, 0.4) is 0 Å². The molecule has 1 saturated heterocycles. The standard InChI is InChI=1S/C21H38O4/c1-2-3-4-5-6-7-8-9-16(22)10-11-17-18-15-21(24-12-13-25-21)19(18)14-20(17)23/h16-20,22-23H,2-15H2,1H3. The summed E-state index contributed by atoms with van der Waals surface area (Å²) in [6.07, 6.45) is 13.0. The first-order chi connectivity index (χ1) is 12.2. The van der Waals surface area contributed by atoms with E-state index in [0.29, 0.717) is 31.0 Å². The van der Waals surface area contributed by atoms with Crippen molar-refractivity contribution in [2.24, 2.45) is 17.8 Å². The predicted molar refractivity (Wildman–Crippen MR) is 98.2 cm³/mol. The molecule has 0 bridgehead atoms. The van der Waals surface area contributed by atoms with Gasteiger partial charge < -0.3 is 19.7 Å². The number of aliphatic hydroxyl groups excluding tert-OH is 2. The summed E-state index contributed by atoms with van der Waals surface area (Å²) in [6, 6.07) is 0. The highest BCUT2D eigenvalue weighted by molar-refractivity contribution is 5.08. The van der Waals surface area contributed by atoms with E-state index < -0.39 is 0 Å². The lowest BCUT2D eigenvalue weighted by atomic mass is 9.66. The monoisotopic (exact) mass is 354 g/mol. The Morgan fingerprint density at radius 1 is 1.00 bits per heavy atom. The molecule has 0 amide bonds. The molecule has 5 atom stereocenters. The van der Waals surface area contributed by atoms with Gasteiger partial charge in [-0.3, -0.25) is 0 Å². The second kappa shape index (κ2) is 9.16. The summed E-state index contributed by atoms with van der Waals surface area (Å²) < 4.78 is 11.7. The molecule has 2 N–H and O–H groups in total. The van der Waals surface area contributed by atoms with Crippen LogP contribution in [0.25, 0.3) is 0 Å². The minimum absolute atomic E-state index is 0.199. The van der Waals surface area contributed by atoms with Gasteiger partial charge in [-0.05, 0) is 37.5 Å². The average Bonchev–Trinajstić information content (AvgIpc) is 3.18. The topological polar surface area (TPSA) is 58.9 Å². The maximum atomic E-state index is 10.5. The quantitative estimate of drug-likeness (QED) is 0.550. The highest BCUT2D eigenvalue weighted by Gasteiger charge is 2.64. The number of hydrogen-bond acceptors (Lipinski definition) is 4. The molecule has 1 spiro atoms. The minimum atomic E-state index is -0.364. The van der Waals surface area contributed by atoms with Crippen molar-refractivity contribution in [2.75, 3.05) is 13.2 Å². The Kier molecular flexibility index (Phi) is 7.18. The summed E-state index contributed by atoms with van der Waals surface area (Å²) in [5, 5.41) is 20.7. The average molecular weight is 355 g/mol. The number of unbranched alkanes of at least 4 members (excludes halogenated alkanes) is 6. The second-order valence-corrected chi connectivity index (χ2v) is 8.59. The Balaban J connectivity index is 1.28. The van der Waals surface area contributed by atoms with E-state index >= 15 is 0 Å². The molecule has 2 saturated carbocycles. The molecule has 0 aromatic heterocycles. The molecule has 4 heteroatoms. The third-order valence-electron chi connectivity index (χ3n) is 6.89. The van der Waals surface area contributed by atoms with Crippen LogP contribution in [-0.2, 0) is 9.47 Å². The van der Waals surface area contributed by atoms with Gasteiger partial charge in [0.2, 0.25) is 0 Å². The van der Waals surface area contributed by atoms with Gasteiger partial charge in [-0.2, -0.15) is 0 Å². The van der Waals surface area contributed by atoms with E-state index in [1.54, 1.807) is 0 Å². The largest absolute Gasteiger partial charge is 0.393 e. The lowest BCUT2D eigenvalue weighted by Crippen LogP contribution is -2.54. The first kappa shape index (κ1) is 19.6. The SMILES string of the molecule is CCCCCCCCCC(O)CCC1C(O)CC2C1CC21OCCO1. The van der Waals surface area contributed by atoms with Crippen LogP contribution in [-0.4, -0.2) is 41.4 Å². The first-order valence-corrected chi connectivity index (χ1v) is 10.8. The maximum absolute atomic E-state index is 10.5. The molecule has 3 aliphatic rings. The van der Waals surface area contributed by atoms with Crippen LogP contribution in [0.5, 0.6) is 0 Å².